The molecule has 1 rings (SSSR count). The van der Waals surface area contributed by atoms with E-state index in [0.717, 1.165) is 12.1 Å². The molecule has 0 saturated heterocycles. The van der Waals surface area contributed by atoms with Gasteiger partial charge in [0, 0.05) is 12.5 Å². The zero-order valence-electron chi connectivity index (χ0n) is 7.71. The second-order valence-electron chi connectivity index (χ2n) is 2.79. The third-order valence-corrected chi connectivity index (χ3v) is 1.75. The van der Waals surface area contributed by atoms with Crippen molar-refractivity contribution in [2.45, 2.75) is 19.5 Å². The van der Waals surface area contributed by atoms with Crippen LogP contribution in [0.4, 0.5) is 13.2 Å². The van der Waals surface area contributed by atoms with Crippen LogP contribution in [0.2, 0.25) is 0 Å². The van der Waals surface area contributed by atoms with Crippen LogP contribution in [0.3, 0.4) is 0 Å². The summed E-state index contributed by atoms with van der Waals surface area (Å²) in [5, 5.41) is 8.34. The fourth-order valence-electron chi connectivity index (χ4n) is 1.13. The number of benzene rings is 1. The number of hydrogen-bond acceptors (Lipinski definition) is 2. The van der Waals surface area contributed by atoms with Gasteiger partial charge in [0.25, 0.3) is 0 Å². The Morgan fingerprint density at radius 3 is 2.73 bits per heavy atom. The van der Waals surface area contributed by atoms with Gasteiger partial charge in [-0.25, -0.2) is 4.39 Å². The van der Waals surface area contributed by atoms with E-state index in [1.165, 1.54) is 6.07 Å². The van der Waals surface area contributed by atoms with Gasteiger partial charge in [-0.3, -0.25) is 0 Å². The van der Waals surface area contributed by atoms with Gasteiger partial charge in [0.05, 0.1) is 6.07 Å². The average Bonchev–Trinajstić information content (AvgIpc) is 2.16. The van der Waals surface area contributed by atoms with E-state index in [1.807, 2.05) is 6.07 Å². The molecular formula is C10H8F3NO. The van der Waals surface area contributed by atoms with E-state index in [2.05, 4.69) is 4.74 Å². The highest BCUT2D eigenvalue weighted by Crippen LogP contribution is 2.23. The van der Waals surface area contributed by atoms with Gasteiger partial charge in [0.15, 0.2) is 0 Å². The maximum Gasteiger partial charge on any atom is 0.387 e. The molecule has 0 aliphatic heterocycles. The van der Waals surface area contributed by atoms with Gasteiger partial charge in [0.1, 0.15) is 11.6 Å². The first-order valence-electron chi connectivity index (χ1n) is 4.23. The molecule has 0 fully saturated rings. The molecule has 0 spiro atoms. The van der Waals surface area contributed by atoms with Crippen molar-refractivity contribution >= 4 is 0 Å². The van der Waals surface area contributed by atoms with Crippen LogP contribution in [0.5, 0.6) is 5.75 Å². The summed E-state index contributed by atoms with van der Waals surface area (Å²) in [5.41, 5.74) is 0.401. The fourth-order valence-corrected chi connectivity index (χ4v) is 1.13. The highest BCUT2D eigenvalue weighted by atomic mass is 19.3. The summed E-state index contributed by atoms with van der Waals surface area (Å²) in [6.07, 6.45) is 0.435. The monoisotopic (exact) mass is 215 g/mol. The molecule has 1 aromatic carbocycles. The number of aryl methyl sites for hydroxylation is 1. The van der Waals surface area contributed by atoms with Gasteiger partial charge in [0.2, 0.25) is 0 Å². The Morgan fingerprint density at radius 2 is 2.13 bits per heavy atom. The Bertz CT molecular complexity index is 373. The lowest BCUT2D eigenvalue weighted by Gasteiger charge is -2.09. The summed E-state index contributed by atoms with van der Waals surface area (Å²) >= 11 is 0. The molecule has 0 aliphatic carbocycles. The lowest BCUT2D eigenvalue weighted by molar-refractivity contribution is -0.0505. The maximum atomic E-state index is 12.7. The first-order valence-corrected chi connectivity index (χ1v) is 4.23. The second kappa shape index (κ2) is 5.25. The molecule has 15 heavy (non-hydrogen) atoms. The SMILES string of the molecule is N#CCCc1ccc(F)cc1OC(F)F. The summed E-state index contributed by atoms with van der Waals surface area (Å²) in [5.74, 6) is -0.855. The van der Waals surface area contributed by atoms with Gasteiger partial charge >= 0.3 is 6.61 Å². The zero-order valence-corrected chi connectivity index (χ0v) is 7.71. The molecule has 0 bridgehead atoms. The average molecular weight is 215 g/mol. The van der Waals surface area contributed by atoms with Crippen molar-refractivity contribution in [2.24, 2.45) is 0 Å². The number of nitriles is 1. The zero-order chi connectivity index (χ0) is 11.3. The molecule has 2 nitrogen and oxygen atoms in total. The number of halogens is 3. The topological polar surface area (TPSA) is 33.0 Å². The van der Waals surface area contributed by atoms with E-state index < -0.39 is 12.4 Å². The molecule has 0 radical (unpaired) electrons. The molecule has 80 valence electrons. The molecule has 5 heteroatoms. The first kappa shape index (κ1) is 11.4. The first-order chi connectivity index (χ1) is 7.13. The minimum atomic E-state index is -2.99. The van der Waals surface area contributed by atoms with Gasteiger partial charge in [-0.05, 0) is 18.1 Å². The summed E-state index contributed by atoms with van der Waals surface area (Å²) in [6.45, 7) is -2.99. The van der Waals surface area contributed by atoms with E-state index in [1.54, 1.807) is 0 Å². The van der Waals surface area contributed by atoms with Crippen molar-refractivity contribution in [3.05, 3.63) is 29.6 Å². The van der Waals surface area contributed by atoms with Crippen molar-refractivity contribution in [3.63, 3.8) is 0 Å². The Kier molecular flexibility index (Phi) is 3.98. The number of ether oxygens (including phenoxy) is 1. The van der Waals surface area contributed by atoms with Crippen molar-refractivity contribution in [2.75, 3.05) is 0 Å². The summed E-state index contributed by atoms with van der Waals surface area (Å²) in [6, 6.07) is 5.24. The van der Waals surface area contributed by atoms with Crippen LogP contribution in [0.15, 0.2) is 18.2 Å². The maximum absolute atomic E-state index is 12.7. The van der Waals surface area contributed by atoms with E-state index in [0.29, 0.717) is 5.56 Å². The predicted molar refractivity (Wildman–Crippen MR) is 47.0 cm³/mol. The highest BCUT2D eigenvalue weighted by Gasteiger charge is 2.10. The van der Waals surface area contributed by atoms with E-state index >= 15 is 0 Å². The molecular weight excluding hydrogens is 207 g/mol. The minimum absolute atomic E-state index is 0.172. The standard InChI is InChI=1S/C10H8F3NO/c11-8-4-3-7(2-1-5-14)9(6-8)15-10(12)13/h3-4,6,10H,1-2H2. The van der Waals surface area contributed by atoms with Crippen LogP contribution in [0.25, 0.3) is 0 Å². The highest BCUT2D eigenvalue weighted by molar-refractivity contribution is 5.34. The molecule has 0 saturated carbocycles. The summed E-state index contributed by atoms with van der Waals surface area (Å²) < 4.78 is 40.8. The van der Waals surface area contributed by atoms with Crippen LogP contribution in [-0.2, 0) is 6.42 Å². The molecule has 1 aromatic rings. The Morgan fingerprint density at radius 1 is 1.40 bits per heavy atom. The van der Waals surface area contributed by atoms with Crippen molar-refractivity contribution in [1.82, 2.24) is 0 Å². The normalized spacial score (nSPS) is 10.1. The summed E-state index contributed by atoms with van der Waals surface area (Å²) in [7, 11) is 0. The van der Waals surface area contributed by atoms with Gasteiger partial charge in [-0.1, -0.05) is 6.07 Å². The number of rotatable bonds is 4. The van der Waals surface area contributed by atoms with E-state index in [-0.39, 0.29) is 18.6 Å². The van der Waals surface area contributed by atoms with Crippen LogP contribution in [0.1, 0.15) is 12.0 Å². The third kappa shape index (κ3) is 3.50. The Balaban J connectivity index is 2.88. The van der Waals surface area contributed by atoms with Crippen LogP contribution in [0, 0.1) is 17.1 Å². The lowest BCUT2D eigenvalue weighted by atomic mass is 10.1. The van der Waals surface area contributed by atoms with Gasteiger partial charge < -0.3 is 4.74 Å². The van der Waals surface area contributed by atoms with Crippen molar-refractivity contribution in [3.8, 4) is 11.8 Å². The molecule has 0 heterocycles. The third-order valence-electron chi connectivity index (χ3n) is 1.75. The van der Waals surface area contributed by atoms with Gasteiger partial charge in [-0.2, -0.15) is 14.0 Å². The fraction of sp³-hybridized carbons (Fsp3) is 0.300. The number of hydrogen-bond donors (Lipinski definition) is 0. The minimum Gasteiger partial charge on any atom is -0.434 e. The predicted octanol–water partition coefficient (Wildman–Crippen LogP) is 2.88. The largest absolute Gasteiger partial charge is 0.434 e. The molecule has 0 unspecified atom stereocenters. The lowest BCUT2D eigenvalue weighted by Crippen LogP contribution is -2.04. The molecule has 0 N–H and O–H groups in total. The molecule has 0 aromatic heterocycles. The molecule has 0 amide bonds. The second-order valence-corrected chi connectivity index (χ2v) is 2.79. The van der Waals surface area contributed by atoms with E-state index in [9.17, 15) is 13.2 Å². The van der Waals surface area contributed by atoms with E-state index in [4.69, 9.17) is 5.26 Å². The van der Waals surface area contributed by atoms with Crippen LogP contribution >= 0.6 is 0 Å². The Hall–Kier alpha value is -1.70. The Labute approximate surface area is 84.9 Å². The van der Waals surface area contributed by atoms with Gasteiger partial charge in [-0.15, -0.1) is 0 Å². The number of alkyl halides is 2. The van der Waals surface area contributed by atoms with Crippen molar-refractivity contribution in [1.29, 1.82) is 5.26 Å². The summed E-state index contributed by atoms with van der Waals surface area (Å²) in [4.78, 5) is 0. The van der Waals surface area contributed by atoms with Crippen LogP contribution < -0.4 is 4.74 Å². The number of nitrogens with zero attached hydrogens (tertiary/aromatic N) is 1. The molecule has 0 aliphatic rings. The molecule has 0 atom stereocenters. The quantitative estimate of drug-likeness (QED) is 0.773. The smallest absolute Gasteiger partial charge is 0.387 e. The van der Waals surface area contributed by atoms with Crippen molar-refractivity contribution < 1.29 is 17.9 Å². The van der Waals surface area contributed by atoms with Crippen LogP contribution in [-0.4, -0.2) is 6.61 Å².